The van der Waals surface area contributed by atoms with Crippen LogP contribution in [0, 0.1) is 0 Å². The topological polar surface area (TPSA) is 29.9 Å². The maximum absolute atomic E-state index is 4.37. The molecule has 1 aromatic carbocycles. The lowest BCUT2D eigenvalue weighted by atomic mass is 10.1. The van der Waals surface area contributed by atoms with E-state index in [0.717, 1.165) is 25.1 Å². The lowest BCUT2D eigenvalue weighted by Crippen LogP contribution is -2.30. The van der Waals surface area contributed by atoms with Gasteiger partial charge in [0.2, 0.25) is 0 Å². The molecule has 1 aromatic heterocycles. The highest BCUT2D eigenvalue weighted by Crippen LogP contribution is 2.03. The molecule has 0 aliphatic heterocycles. The standard InChI is InChI=1S/C15H21N3/c1-13(12-14-6-4-3-5-7-14)16-10-8-15-9-11-18(2)17-15/h3-7,9,11,13,16H,8,10,12H2,1-2H3. The first kappa shape index (κ1) is 12.8. The molecule has 0 aliphatic rings. The van der Waals surface area contributed by atoms with E-state index in [1.54, 1.807) is 0 Å². The number of aryl methyl sites for hydroxylation is 1. The second kappa shape index (κ2) is 6.36. The van der Waals surface area contributed by atoms with Crippen molar-refractivity contribution in [3.8, 4) is 0 Å². The Morgan fingerprint density at radius 1 is 1.22 bits per heavy atom. The van der Waals surface area contributed by atoms with Crippen LogP contribution in [-0.4, -0.2) is 22.4 Å². The molecule has 0 bridgehead atoms. The molecule has 2 rings (SSSR count). The summed E-state index contributed by atoms with van der Waals surface area (Å²) in [5.41, 5.74) is 2.53. The van der Waals surface area contributed by atoms with Crippen molar-refractivity contribution in [1.29, 1.82) is 0 Å². The monoisotopic (exact) mass is 243 g/mol. The molecule has 0 fully saturated rings. The Labute approximate surface area is 109 Å². The van der Waals surface area contributed by atoms with Gasteiger partial charge in [-0.1, -0.05) is 30.3 Å². The van der Waals surface area contributed by atoms with E-state index in [4.69, 9.17) is 0 Å². The van der Waals surface area contributed by atoms with E-state index >= 15 is 0 Å². The van der Waals surface area contributed by atoms with Gasteiger partial charge in [0, 0.05) is 32.3 Å². The minimum Gasteiger partial charge on any atom is -0.314 e. The number of rotatable bonds is 6. The molecular formula is C15H21N3. The molecule has 18 heavy (non-hydrogen) atoms. The average molecular weight is 243 g/mol. The molecule has 1 N–H and O–H groups in total. The quantitative estimate of drug-likeness (QED) is 0.843. The molecule has 0 radical (unpaired) electrons. The predicted octanol–water partition coefficient (Wildman–Crippen LogP) is 2.18. The molecule has 0 spiro atoms. The average Bonchev–Trinajstić information content (AvgIpc) is 2.76. The summed E-state index contributed by atoms with van der Waals surface area (Å²) in [4.78, 5) is 0. The van der Waals surface area contributed by atoms with Crippen molar-refractivity contribution in [2.24, 2.45) is 7.05 Å². The van der Waals surface area contributed by atoms with Crippen molar-refractivity contribution in [1.82, 2.24) is 15.1 Å². The van der Waals surface area contributed by atoms with Gasteiger partial charge >= 0.3 is 0 Å². The number of benzene rings is 1. The number of nitrogens with zero attached hydrogens (tertiary/aromatic N) is 2. The first-order valence-electron chi connectivity index (χ1n) is 6.50. The van der Waals surface area contributed by atoms with Crippen LogP contribution < -0.4 is 5.32 Å². The van der Waals surface area contributed by atoms with E-state index in [0.29, 0.717) is 6.04 Å². The van der Waals surface area contributed by atoms with Gasteiger partial charge in [0.15, 0.2) is 0 Å². The van der Waals surface area contributed by atoms with Crippen LogP contribution in [0.1, 0.15) is 18.2 Å². The fourth-order valence-electron chi connectivity index (χ4n) is 2.08. The van der Waals surface area contributed by atoms with Crippen LogP contribution in [-0.2, 0) is 19.9 Å². The molecule has 2 aromatic rings. The number of hydrogen-bond donors (Lipinski definition) is 1. The first-order chi connectivity index (χ1) is 8.74. The SMILES string of the molecule is CC(Cc1ccccc1)NCCc1ccn(C)n1. The van der Waals surface area contributed by atoms with Gasteiger partial charge in [0.25, 0.3) is 0 Å². The summed E-state index contributed by atoms with van der Waals surface area (Å²) in [7, 11) is 1.95. The Bertz CT molecular complexity index is 462. The summed E-state index contributed by atoms with van der Waals surface area (Å²) < 4.78 is 1.85. The Balaban J connectivity index is 1.70. The minimum absolute atomic E-state index is 0.496. The second-order valence-electron chi connectivity index (χ2n) is 4.78. The molecule has 96 valence electrons. The zero-order valence-corrected chi connectivity index (χ0v) is 11.1. The summed E-state index contributed by atoms with van der Waals surface area (Å²) in [6.07, 6.45) is 4.05. The largest absolute Gasteiger partial charge is 0.314 e. The fraction of sp³-hybridized carbons (Fsp3) is 0.400. The summed E-state index contributed by atoms with van der Waals surface area (Å²) in [6.45, 7) is 3.20. The van der Waals surface area contributed by atoms with Crippen LogP contribution in [0.25, 0.3) is 0 Å². The lowest BCUT2D eigenvalue weighted by molar-refractivity contribution is 0.544. The number of nitrogens with one attached hydrogen (secondary N) is 1. The van der Waals surface area contributed by atoms with Crippen LogP contribution in [0.3, 0.4) is 0 Å². The third kappa shape index (κ3) is 4.00. The maximum Gasteiger partial charge on any atom is 0.0637 e. The van der Waals surface area contributed by atoms with Crippen molar-refractivity contribution in [2.45, 2.75) is 25.8 Å². The van der Waals surface area contributed by atoms with Crippen molar-refractivity contribution in [2.75, 3.05) is 6.54 Å². The van der Waals surface area contributed by atoms with E-state index in [1.807, 2.05) is 17.9 Å². The van der Waals surface area contributed by atoms with Gasteiger partial charge in [-0.3, -0.25) is 4.68 Å². The lowest BCUT2D eigenvalue weighted by Gasteiger charge is -2.13. The fourth-order valence-corrected chi connectivity index (χ4v) is 2.08. The van der Waals surface area contributed by atoms with Gasteiger partial charge in [0.1, 0.15) is 0 Å². The smallest absolute Gasteiger partial charge is 0.0637 e. The number of hydrogen-bond acceptors (Lipinski definition) is 2. The summed E-state index contributed by atoms with van der Waals surface area (Å²) in [5, 5.41) is 7.91. The minimum atomic E-state index is 0.496. The van der Waals surface area contributed by atoms with E-state index in [9.17, 15) is 0 Å². The Kier molecular flexibility index (Phi) is 4.53. The molecule has 0 aliphatic carbocycles. The highest BCUT2D eigenvalue weighted by atomic mass is 15.2. The van der Waals surface area contributed by atoms with Crippen LogP contribution in [0.15, 0.2) is 42.6 Å². The maximum atomic E-state index is 4.37. The summed E-state index contributed by atoms with van der Waals surface area (Å²) >= 11 is 0. The normalized spacial score (nSPS) is 12.6. The molecule has 1 atom stereocenters. The van der Waals surface area contributed by atoms with Gasteiger partial charge in [-0.15, -0.1) is 0 Å². The second-order valence-corrected chi connectivity index (χ2v) is 4.78. The van der Waals surface area contributed by atoms with E-state index in [2.05, 4.69) is 53.7 Å². The molecule has 3 nitrogen and oxygen atoms in total. The highest BCUT2D eigenvalue weighted by molar-refractivity contribution is 5.15. The molecule has 0 saturated heterocycles. The van der Waals surface area contributed by atoms with Crippen molar-refractivity contribution in [3.63, 3.8) is 0 Å². The molecule has 3 heteroatoms. The van der Waals surface area contributed by atoms with E-state index < -0.39 is 0 Å². The zero-order valence-electron chi connectivity index (χ0n) is 11.1. The summed E-state index contributed by atoms with van der Waals surface area (Å²) in [5.74, 6) is 0. The molecule has 0 saturated carbocycles. The van der Waals surface area contributed by atoms with Crippen molar-refractivity contribution in [3.05, 3.63) is 53.9 Å². The molecule has 1 heterocycles. The summed E-state index contributed by atoms with van der Waals surface area (Å²) in [6, 6.07) is 13.2. The van der Waals surface area contributed by atoms with Gasteiger partial charge in [-0.25, -0.2) is 0 Å². The van der Waals surface area contributed by atoms with Crippen molar-refractivity contribution >= 4 is 0 Å². The third-order valence-corrected chi connectivity index (χ3v) is 3.03. The van der Waals surface area contributed by atoms with Gasteiger partial charge in [-0.05, 0) is 25.0 Å². The Hall–Kier alpha value is -1.61. The van der Waals surface area contributed by atoms with E-state index in [-0.39, 0.29) is 0 Å². The Morgan fingerprint density at radius 3 is 2.67 bits per heavy atom. The molecular weight excluding hydrogens is 222 g/mol. The Morgan fingerprint density at radius 2 is 2.00 bits per heavy atom. The van der Waals surface area contributed by atoms with Gasteiger partial charge in [0.05, 0.1) is 5.69 Å². The van der Waals surface area contributed by atoms with Crippen molar-refractivity contribution < 1.29 is 0 Å². The van der Waals surface area contributed by atoms with Crippen LogP contribution in [0.4, 0.5) is 0 Å². The first-order valence-corrected chi connectivity index (χ1v) is 6.50. The van der Waals surface area contributed by atoms with E-state index in [1.165, 1.54) is 5.56 Å². The molecule has 1 unspecified atom stereocenters. The number of aromatic nitrogens is 2. The highest BCUT2D eigenvalue weighted by Gasteiger charge is 2.03. The third-order valence-electron chi connectivity index (χ3n) is 3.03. The molecule has 0 amide bonds. The predicted molar refractivity (Wildman–Crippen MR) is 74.5 cm³/mol. The van der Waals surface area contributed by atoms with Gasteiger partial charge < -0.3 is 5.32 Å². The zero-order chi connectivity index (χ0) is 12.8. The van der Waals surface area contributed by atoms with Gasteiger partial charge in [-0.2, -0.15) is 5.10 Å². The van der Waals surface area contributed by atoms with Crippen LogP contribution >= 0.6 is 0 Å². The van der Waals surface area contributed by atoms with Crippen LogP contribution in [0.2, 0.25) is 0 Å². The van der Waals surface area contributed by atoms with Crippen LogP contribution in [0.5, 0.6) is 0 Å².